The Labute approximate surface area is 49.3 Å². The summed E-state index contributed by atoms with van der Waals surface area (Å²) >= 11 is 0. The van der Waals surface area contributed by atoms with Crippen molar-refractivity contribution in [3.05, 3.63) is 0 Å². The van der Waals surface area contributed by atoms with Gasteiger partial charge in [0.25, 0.3) is 0 Å². The number of thiol groups is 1. The standard InChI is InChI=1S/C3H10O4S/c1-6-8(5,3-4)7-2/h4,8H,3H2,1-2H3. The van der Waals surface area contributed by atoms with Crippen molar-refractivity contribution < 1.29 is 17.7 Å². The minimum atomic E-state index is -3.11. The summed E-state index contributed by atoms with van der Waals surface area (Å²) in [4.78, 5) is 0. The molecule has 52 valence electrons. The minimum absolute atomic E-state index is 0.569. The zero-order valence-electron chi connectivity index (χ0n) is 4.83. The molecule has 0 aliphatic carbocycles. The third-order valence-corrected chi connectivity index (χ3v) is 2.19. The molecule has 0 fully saturated rings. The Balaban J connectivity index is 3.79. The van der Waals surface area contributed by atoms with E-state index in [1.807, 2.05) is 0 Å². The number of hydrogen-bond acceptors (Lipinski definition) is 4. The van der Waals surface area contributed by atoms with E-state index in [1.54, 1.807) is 0 Å². The molecule has 0 aliphatic rings. The fourth-order valence-corrected chi connectivity index (χ4v) is 0.570. The van der Waals surface area contributed by atoms with Crippen LogP contribution in [0.1, 0.15) is 0 Å². The van der Waals surface area contributed by atoms with Gasteiger partial charge < -0.3 is 5.11 Å². The fourth-order valence-electron chi connectivity index (χ4n) is 0.190. The number of aliphatic hydroxyl groups excluding tert-OH is 1. The quantitative estimate of drug-likeness (QED) is 0.500. The first-order chi connectivity index (χ1) is 3.68. The first-order valence-electron chi connectivity index (χ1n) is 2.00. The molecule has 8 heavy (non-hydrogen) atoms. The van der Waals surface area contributed by atoms with Gasteiger partial charge in [0.1, 0.15) is 16.4 Å². The van der Waals surface area contributed by atoms with Crippen molar-refractivity contribution in [3.8, 4) is 0 Å². The lowest BCUT2D eigenvalue weighted by molar-refractivity contribution is 0.262. The highest BCUT2D eigenvalue weighted by molar-refractivity contribution is 7.93. The summed E-state index contributed by atoms with van der Waals surface area (Å²) in [5.74, 6) is -0.569. The molecule has 0 aromatic rings. The van der Waals surface area contributed by atoms with E-state index in [1.165, 1.54) is 14.2 Å². The monoisotopic (exact) mass is 142 g/mol. The van der Waals surface area contributed by atoms with Crippen LogP contribution in [0.3, 0.4) is 0 Å². The maximum absolute atomic E-state index is 10.6. The Bertz CT molecular complexity index is 82.4. The van der Waals surface area contributed by atoms with E-state index in [0.717, 1.165) is 0 Å². The lowest BCUT2D eigenvalue weighted by Crippen LogP contribution is -2.19. The maximum atomic E-state index is 10.6. The van der Waals surface area contributed by atoms with Gasteiger partial charge >= 0.3 is 0 Å². The van der Waals surface area contributed by atoms with Crippen LogP contribution in [-0.4, -0.2) is 29.5 Å². The van der Waals surface area contributed by atoms with Gasteiger partial charge in [0.05, 0.1) is 14.2 Å². The summed E-state index contributed by atoms with van der Waals surface area (Å²) in [5.41, 5.74) is 0. The summed E-state index contributed by atoms with van der Waals surface area (Å²) < 4.78 is 19.3. The first-order valence-corrected chi connectivity index (χ1v) is 3.72. The van der Waals surface area contributed by atoms with Crippen molar-refractivity contribution in [1.82, 2.24) is 0 Å². The van der Waals surface area contributed by atoms with Crippen LogP contribution in [0.2, 0.25) is 0 Å². The normalized spacial score (nSPS) is 13.9. The van der Waals surface area contributed by atoms with Crippen molar-refractivity contribution in [1.29, 1.82) is 0 Å². The van der Waals surface area contributed by atoms with E-state index < -0.39 is 16.4 Å². The summed E-state index contributed by atoms with van der Waals surface area (Å²) in [6.45, 7) is 0. The molecule has 0 aliphatic heterocycles. The second-order valence-corrected chi connectivity index (χ2v) is 3.35. The Morgan fingerprint density at radius 2 is 1.88 bits per heavy atom. The van der Waals surface area contributed by atoms with Crippen LogP contribution < -0.4 is 0 Å². The molecule has 0 radical (unpaired) electrons. The molecule has 0 unspecified atom stereocenters. The molecule has 5 heteroatoms. The molecule has 0 saturated carbocycles. The van der Waals surface area contributed by atoms with Crippen molar-refractivity contribution in [3.63, 3.8) is 0 Å². The number of aliphatic hydroxyl groups is 1. The smallest absolute Gasteiger partial charge is 0.139 e. The summed E-state index contributed by atoms with van der Waals surface area (Å²) in [6.07, 6.45) is 0. The van der Waals surface area contributed by atoms with E-state index in [9.17, 15) is 4.21 Å². The Hall–Kier alpha value is 0.0300. The molecule has 0 saturated heterocycles. The van der Waals surface area contributed by atoms with Crippen LogP contribution in [0.15, 0.2) is 0 Å². The third-order valence-electron chi connectivity index (χ3n) is 0.730. The van der Waals surface area contributed by atoms with Gasteiger partial charge in [-0.2, -0.15) is 0 Å². The van der Waals surface area contributed by atoms with Crippen LogP contribution >= 0.6 is 0 Å². The van der Waals surface area contributed by atoms with Gasteiger partial charge in [-0.1, -0.05) is 0 Å². The Kier molecular flexibility index (Phi) is 3.15. The van der Waals surface area contributed by atoms with Gasteiger partial charge in [-0.3, -0.25) is 8.37 Å². The summed E-state index contributed by atoms with van der Waals surface area (Å²) in [7, 11) is -0.661. The Morgan fingerprint density at radius 3 is 1.88 bits per heavy atom. The van der Waals surface area contributed by atoms with E-state index in [2.05, 4.69) is 8.37 Å². The van der Waals surface area contributed by atoms with Crippen LogP contribution in [0, 0.1) is 0 Å². The molecule has 0 bridgehead atoms. The molecule has 0 atom stereocenters. The van der Waals surface area contributed by atoms with Crippen LogP contribution in [0.5, 0.6) is 0 Å². The van der Waals surface area contributed by atoms with Gasteiger partial charge in [-0.15, -0.1) is 0 Å². The SMILES string of the molecule is CO[SH](=O)(CO)OC. The minimum Gasteiger partial charge on any atom is -0.381 e. The van der Waals surface area contributed by atoms with Crippen LogP contribution in [0.4, 0.5) is 0 Å². The number of hydrogen-bond donors (Lipinski definition) is 2. The molecule has 0 aromatic heterocycles. The van der Waals surface area contributed by atoms with Crippen molar-refractivity contribution in [2.45, 2.75) is 0 Å². The molecular formula is C3H10O4S. The lowest BCUT2D eigenvalue weighted by Gasteiger charge is -2.16. The molecule has 4 nitrogen and oxygen atoms in total. The van der Waals surface area contributed by atoms with Crippen molar-refractivity contribution in [2.24, 2.45) is 0 Å². The molecule has 0 spiro atoms. The molecule has 0 aromatic carbocycles. The molecule has 0 heterocycles. The zero-order valence-corrected chi connectivity index (χ0v) is 5.72. The average molecular weight is 142 g/mol. The molecule has 0 rings (SSSR count). The fraction of sp³-hybridized carbons (Fsp3) is 1.00. The summed E-state index contributed by atoms with van der Waals surface area (Å²) in [5, 5.41) is 8.27. The number of rotatable bonds is 3. The third kappa shape index (κ3) is 1.87. The second kappa shape index (κ2) is 3.13. The van der Waals surface area contributed by atoms with Crippen molar-refractivity contribution in [2.75, 3.05) is 20.2 Å². The Morgan fingerprint density at radius 1 is 1.50 bits per heavy atom. The van der Waals surface area contributed by atoms with Gasteiger partial charge in [-0.25, -0.2) is 4.21 Å². The molecular weight excluding hydrogens is 132 g/mol. The van der Waals surface area contributed by atoms with E-state index in [0.29, 0.717) is 0 Å². The van der Waals surface area contributed by atoms with E-state index in [4.69, 9.17) is 5.11 Å². The van der Waals surface area contributed by atoms with Gasteiger partial charge in [-0.05, 0) is 0 Å². The highest BCUT2D eigenvalue weighted by Gasteiger charge is 2.06. The average Bonchev–Trinajstić information content (AvgIpc) is 1.87. The van der Waals surface area contributed by atoms with Crippen LogP contribution in [0.25, 0.3) is 0 Å². The van der Waals surface area contributed by atoms with E-state index >= 15 is 0 Å². The highest BCUT2D eigenvalue weighted by atomic mass is 32.3. The largest absolute Gasteiger partial charge is 0.381 e. The first kappa shape index (κ1) is 8.03. The van der Waals surface area contributed by atoms with E-state index in [-0.39, 0.29) is 0 Å². The predicted octanol–water partition coefficient (Wildman–Crippen LogP) is -0.924. The van der Waals surface area contributed by atoms with Gasteiger partial charge in [0.2, 0.25) is 0 Å². The molecule has 0 amide bonds. The van der Waals surface area contributed by atoms with Gasteiger partial charge in [0.15, 0.2) is 0 Å². The summed E-state index contributed by atoms with van der Waals surface area (Å²) in [6, 6.07) is 0. The van der Waals surface area contributed by atoms with Crippen molar-refractivity contribution >= 4 is 10.5 Å². The molecule has 1 N–H and O–H groups in total. The highest BCUT2D eigenvalue weighted by Crippen LogP contribution is 2.01. The predicted molar refractivity (Wildman–Crippen MR) is 30.6 cm³/mol. The maximum Gasteiger partial charge on any atom is 0.139 e. The zero-order chi connectivity index (χ0) is 6.62. The lowest BCUT2D eigenvalue weighted by atomic mass is 11.7. The topological polar surface area (TPSA) is 55.8 Å². The van der Waals surface area contributed by atoms with Gasteiger partial charge in [0, 0.05) is 0 Å². The van der Waals surface area contributed by atoms with Crippen LogP contribution in [-0.2, 0) is 18.9 Å². The second-order valence-electron chi connectivity index (χ2n) is 1.12.